The van der Waals surface area contributed by atoms with Crippen molar-refractivity contribution in [3.8, 4) is 0 Å². The van der Waals surface area contributed by atoms with Crippen molar-refractivity contribution in [1.82, 2.24) is 8.87 Å². The van der Waals surface area contributed by atoms with Crippen LogP contribution in [0.2, 0.25) is 0 Å². The highest BCUT2D eigenvalue weighted by atomic mass is 32.2. The average Bonchev–Trinajstić information content (AvgIpc) is 2.92. The minimum absolute atomic E-state index is 0.0253. The Bertz CT molecular complexity index is 1250. The highest BCUT2D eigenvalue weighted by Gasteiger charge is 2.33. The summed E-state index contributed by atoms with van der Waals surface area (Å²) in [7, 11) is -1.01. The van der Waals surface area contributed by atoms with Crippen LogP contribution in [0.5, 0.6) is 0 Å². The number of alkyl halides is 3. The van der Waals surface area contributed by atoms with Gasteiger partial charge in [-0.25, -0.2) is 21.2 Å². The van der Waals surface area contributed by atoms with Crippen molar-refractivity contribution in [1.29, 1.82) is 0 Å². The lowest BCUT2D eigenvalue weighted by molar-refractivity contribution is -0.137. The van der Waals surface area contributed by atoms with Gasteiger partial charge >= 0.3 is 6.18 Å². The zero-order chi connectivity index (χ0) is 23.3. The Kier molecular flexibility index (Phi) is 6.16. The van der Waals surface area contributed by atoms with E-state index in [1.807, 2.05) is 11.8 Å². The predicted molar refractivity (Wildman–Crippen MR) is 110 cm³/mol. The normalized spacial score (nSPS) is 13.9. The number of nitrogens with zero attached hydrogens (tertiary/aromatic N) is 2. The minimum Gasteiger partial charge on any atom is -0.298 e. The van der Waals surface area contributed by atoms with E-state index < -0.39 is 38.3 Å². The molecule has 0 fully saturated rings. The first-order valence-electron chi connectivity index (χ1n) is 9.01. The molecule has 4 nitrogen and oxygen atoms in total. The largest absolute Gasteiger partial charge is 0.416 e. The summed E-state index contributed by atoms with van der Waals surface area (Å²) in [4.78, 5) is 1.37. The summed E-state index contributed by atoms with van der Waals surface area (Å²) in [5.41, 5.74) is -0.818. The fraction of sp³-hybridized carbons (Fsp3) is 0.300. The molecule has 1 heterocycles. The predicted octanol–water partition coefficient (Wildman–Crippen LogP) is 5.48. The molecule has 31 heavy (non-hydrogen) atoms. The summed E-state index contributed by atoms with van der Waals surface area (Å²) in [6.45, 7) is 3.26. The Morgan fingerprint density at radius 2 is 1.71 bits per heavy atom. The van der Waals surface area contributed by atoms with Gasteiger partial charge in [-0.2, -0.15) is 13.2 Å². The summed E-state index contributed by atoms with van der Waals surface area (Å²) in [6, 6.07) is 4.76. The second-order valence-corrected chi connectivity index (χ2v) is 10.3. The van der Waals surface area contributed by atoms with Crippen LogP contribution in [0.25, 0.3) is 10.9 Å². The lowest BCUT2D eigenvalue weighted by atomic mass is 10.1. The van der Waals surface area contributed by atoms with Gasteiger partial charge in [0.05, 0.1) is 16.5 Å². The molecule has 168 valence electrons. The van der Waals surface area contributed by atoms with E-state index in [1.54, 1.807) is 14.1 Å². The van der Waals surface area contributed by atoms with Crippen molar-refractivity contribution in [3.63, 3.8) is 0 Å². The molecule has 0 spiro atoms. The summed E-state index contributed by atoms with van der Waals surface area (Å²) >= 11 is 1.19. The SMILES string of the molecule is Cc1c(SC(C)N(C)C)c2cc(C(F)(F)F)ccc2n1S(=O)(=O)c1ccc(F)cc1F. The number of benzene rings is 2. The monoisotopic (exact) mass is 478 g/mol. The van der Waals surface area contributed by atoms with E-state index in [4.69, 9.17) is 0 Å². The van der Waals surface area contributed by atoms with E-state index in [1.165, 1.54) is 18.7 Å². The molecule has 2 aromatic carbocycles. The molecule has 0 amide bonds. The van der Waals surface area contributed by atoms with Crippen LogP contribution in [0.1, 0.15) is 18.2 Å². The van der Waals surface area contributed by atoms with Crippen molar-refractivity contribution in [3.05, 3.63) is 59.3 Å². The van der Waals surface area contributed by atoms with Gasteiger partial charge in [0.1, 0.15) is 16.5 Å². The molecule has 1 unspecified atom stereocenters. The molecule has 3 rings (SSSR count). The van der Waals surface area contributed by atoms with Crippen molar-refractivity contribution in [2.45, 2.75) is 35.2 Å². The van der Waals surface area contributed by atoms with E-state index in [0.29, 0.717) is 11.0 Å². The molecule has 0 aliphatic rings. The van der Waals surface area contributed by atoms with Gasteiger partial charge in [-0.3, -0.25) is 4.90 Å². The number of thioether (sulfide) groups is 1. The van der Waals surface area contributed by atoms with Crippen LogP contribution in [0, 0.1) is 18.6 Å². The van der Waals surface area contributed by atoms with Crippen LogP contribution >= 0.6 is 11.8 Å². The lowest BCUT2D eigenvalue weighted by Gasteiger charge is -2.19. The third-order valence-corrected chi connectivity index (χ3v) is 8.20. The zero-order valence-electron chi connectivity index (χ0n) is 17.0. The van der Waals surface area contributed by atoms with Crippen LogP contribution in [-0.2, 0) is 16.2 Å². The molecular formula is C20H19F5N2O2S2. The van der Waals surface area contributed by atoms with Crippen molar-refractivity contribution >= 4 is 32.7 Å². The Hall–Kier alpha value is -2.11. The van der Waals surface area contributed by atoms with Crippen molar-refractivity contribution in [2.24, 2.45) is 0 Å². The Balaban J connectivity index is 2.35. The number of halogens is 5. The van der Waals surface area contributed by atoms with Gasteiger partial charge in [0.15, 0.2) is 0 Å². The number of rotatable bonds is 5. The minimum atomic E-state index is -4.62. The maximum absolute atomic E-state index is 14.3. The van der Waals surface area contributed by atoms with E-state index in [9.17, 15) is 30.4 Å². The second kappa shape index (κ2) is 8.10. The average molecular weight is 479 g/mol. The van der Waals surface area contributed by atoms with E-state index in [2.05, 4.69) is 0 Å². The topological polar surface area (TPSA) is 42.3 Å². The highest BCUT2D eigenvalue weighted by Crippen LogP contribution is 2.41. The molecule has 11 heteroatoms. The maximum Gasteiger partial charge on any atom is 0.416 e. The summed E-state index contributed by atoms with van der Waals surface area (Å²) in [6.07, 6.45) is -4.62. The smallest absolute Gasteiger partial charge is 0.298 e. The molecule has 0 saturated heterocycles. The maximum atomic E-state index is 14.3. The quantitative estimate of drug-likeness (QED) is 0.277. The van der Waals surface area contributed by atoms with Crippen molar-refractivity contribution in [2.75, 3.05) is 14.1 Å². The number of fused-ring (bicyclic) bond motifs is 1. The van der Waals surface area contributed by atoms with Gasteiger partial charge in [0.25, 0.3) is 10.0 Å². The van der Waals surface area contributed by atoms with E-state index in [0.717, 1.165) is 34.3 Å². The molecule has 0 aliphatic carbocycles. The Morgan fingerprint density at radius 3 is 2.26 bits per heavy atom. The molecule has 1 aromatic heterocycles. The highest BCUT2D eigenvalue weighted by molar-refractivity contribution is 8.00. The molecule has 0 N–H and O–H groups in total. The molecule has 0 aliphatic heterocycles. The molecule has 0 bridgehead atoms. The fourth-order valence-electron chi connectivity index (χ4n) is 3.06. The van der Waals surface area contributed by atoms with Crippen LogP contribution in [0.4, 0.5) is 22.0 Å². The van der Waals surface area contributed by atoms with E-state index >= 15 is 0 Å². The van der Waals surface area contributed by atoms with Gasteiger partial charge in [0.2, 0.25) is 0 Å². The molecular weight excluding hydrogens is 459 g/mol. The lowest BCUT2D eigenvalue weighted by Crippen LogP contribution is -2.21. The third kappa shape index (κ3) is 4.31. The van der Waals surface area contributed by atoms with Crippen LogP contribution in [0.3, 0.4) is 0 Å². The third-order valence-electron chi connectivity index (χ3n) is 4.85. The molecule has 3 aromatic rings. The van der Waals surface area contributed by atoms with Gasteiger partial charge in [-0.15, -0.1) is 11.8 Å². The second-order valence-electron chi connectivity index (χ2n) is 7.17. The van der Waals surface area contributed by atoms with Crippen molar-refractivity contribution < 1.29 is 30.4 Å². The Labute approximate surface area is 180 Å². The first kappa shape index (κ1) is 23.6. The van der Waals surface area contributed by atoms with Crippen LogP contribution in [-0.4, -0.2) is 36.8 Å². The number of aromatic nitrogens is 1. The molecule has 0 saturated carbocycles. The first-order chi connectivity index (χ1) is 14.2. The van der Waals surface area contributed by atoms with Crippen LogP contribution < -0.4 is 0 Å². The van der Waals surface area contributed by atoms with Crippen LogP contribution in [0.15, 0.2) is 46.2 Å². The standard InChI is InChI=1S/C20H19F5N2O2S2/c1-11-19(30-12(2)26(3)4)15-9-13(20(23,24)25)5-7-17(15)27(11)31(28,29)18-8-6-14(21)10-16(18)22/h5-10,12H,1-4H3. The van der Waals surface area contributed by atoms with Gasteiger partial charge in [-0.05, 0) is 58.3 Å². The summed E-state index contributed by atoms with van der Waals surface area (Å²) in [5, 5.41) is -0.116. The van der Waals surface area contributed by atoms with E-state index in [-0.39, 0.29) is 22.0 Å². The van der Waals surface area contributed by atoms with Gasteiger partial charge in [0, 0.05) is 22.0 Å². The summed E-state index contributed by atoms with van der Waals surface area (Å²) in [5.74, 6) is -2.24. The zero-order valence-corrected chi connectivity index (χ0v) is 18.6. The Morgan fingerprint density at radius 1 is 1.06 bits per heavy atom. The molecule has 0 radical (unpaired) electrons. The van der Waals surface area contributed by atoms with Gasteiger partial charge < -0.3 is 0 Å². The van der Waals surface area contributed by atoms with Gasteiger partial charge in [-0.1, -0.05) is 0 Å². The fourth-order valence-corrected chi connectivity index (χ4v) is 5.83. The summed E-state index contributed by atoms with van der Waals surface area (Å²) < 4.78 is 94.9. The first-order valence-corrected chi connectivity index (χ1v) is 11.3. The molecule has 1 atom stereocenters. The number of hydrogen-bond acceptors (Lipinski definition) is 4. The number of hydrogen-bond donors (Lipinski definition) is 0.